The van der Waals surface area contributed by atoms with E-state index in [9.17, 15) is 19.7 Å². The molecular weight excluding hydrogens is 276 g/mol. The maximum absolute atomic E-state index is 11.4. The minimum Gasteiger partial charge on any atom is -0.343 e. The van der Waals surface area contributed by atoms with E-state index < -0.39 is 22.3 Å². The van der Waals surface area contributed by atoms with E-state index in [1.807, 2.05) is 0 Å². The van der Waals surface area contributed by atoms with Crippen LogP contribution in [-0.2, 0) is 9.59 Å². The van der Waals surface area contributed by atoms with Crippen molar-refractivity contribution in [1.29, 1.82) is 0 Å². The molecule has 0 aliphatic rings. The van der Waals surface area contributed by atoms with Crippen LogP contribution in [0.25, 0.3) is 0 Å². The molecule has 0 radical (unpaired) electrons. The van der Waals surface area contributed by atoms with Gasteiger partial charge in [-0.05, 0) is 38.5 Å². The Kier molecular flexibility index (Phi) is 5.12. The molecule has 0 unspecified atom stereocenters. The second-order valence-corrected chi connectivity index (χ2v) is 5.25. The highest BCUT2D eigenvalue weighted by Gasteiger charge is 2.19. The Balaban J connectivity index is 2.56. The van der Waals surface area contributed by atoms with Crippen LogP contribution >= 0.6 is 0 Å². The van der Waals surface area contributed by atoms with Gasteiger partial charge < -0.3 is 5.32 Å². The molecule has 2 N–H and O–H groups in total. The smallest absolute Gasteiger partial charge is 0.329 e. The lowest BCUT2D eigenvalue weighted by atomic mass is 10.1. The molecule has 0 aliphatic heterocycles. The summed E-state index contributed by atoms with van der Waals surface area (Å²) in [7, 11) is 0. The van der Waals surface area contributed by atoms with E-state index in [4.69, 9.17) is 0 Å². The van der Waals surface area contributed by atoms with Crippen molar-refractivity contribution in [3.05, 3.63) is 39.9 Å². The van der Waals surface area contributed by atoms with E-state index in [0.717, 1.165) is 0 Å². The van der Waals surface area contributed by atoms with Crippen LogP contribution in [0.4, 0.5) is 5.69 Å². The number of carbonyl (C=O) groups is 2. The fourth-order valence-corrected chi connectivity index (χ4v) is 1.30. The lowest BCUT2D eigenvalue weighted by Gasteiger charge is -2.19. The third-order valence-electron chi connectivity index (χ3n) is 2.18. The summed E-state index contributed by atoms with van der Waals surface area (Å²) in [5, 5.41) is 16.6. The van der Waals surface area contributed by atoms with Gasteiger partial charge in [0.1, 0.15) is 0 Å². The molecule has 0 saturated heterocycles. The number of nitrogens with zero attached hydrogens (tertiary/aromatic N) is 2. The predicted molar refractivity (Wildman–Crippen MR) is 76.7 cm³/mol. The van der Waals surface area contributed by atoms with Crippen molar-refractivity contribution in [2.24, 2.45) is 5.10 Å². The molecule has 1 aromatic carbocycles. The minimum atomic E-state index is -0.886. The quantitative estimate of drug-likeness (QED) is 0.374. The molecule has 0 aromatic heterocycles. The Bertz CT molecular complexity index is 573. The molecule has 1 aromatic rings. The average molecular weight is 292 g/mol. The summed E-state index contributed by atoms with van der Waals surface area (Å²) in [4.78, 5) is 32.8. The summed E-state index contributed by atoms with van der Waals surface area (Å²) in [5.74, 6) is -1.67. The van der Waals surface area contributed by atoms with Gasteiger partial charge in [-0.15, -0.1) is 0 Å². The lowest BCUT2D eigenvalue weighted by Crippen LogP contribution is -2.47. The van der Waals surface area contributed by atoms with Gasteiger partial charge in [0, 0.05) is 17.7 Å². The molecule has 0 aliphatic carbocycles. The number of carbonyl (C=O) groups excluding carboxylic acids is 2. The number of nitrogens with one attached hydrogen (secondary N) is 2. The van der Waals surface area contributed by atoms with Gasteiger partial charge in [0.2, 0.25) is 0 Å². The molecular formula is C13H16N4O4. The number of amides is 2. The first-order valence-electron chi connectivity index (χ1n) is 6.09. The normalized spacial score (nSPS) is 11.2. The van der Waals surface area contributed by atoms with Crippen molar-refractivity contribution < 1.29 is 14.5 Å². The van der Waals surface area contributed by atoms with Crippen molar-refractivity contribution in [3.8, 4) is 0 Å². The molecule has 21 heavy (non-hydrogen) atoms. The Morgan fingerprint density at radius 1 is 1.19 bits per heavy atom. The van der Waals surface area contributed by atoms with Crippen LogP contribution < -0.4 is 10.7 Å². The van der Waals surface area contributed by atoms with Gasteiger partial charge in [-0.25, -0.2) is 5.43 Å². The Hall–Kier alpha value is -2.77. The number of hydrogen-bond donors (Lipinski definition) is 2. The highest BCUT2D eigenvalue weighted by molar-refractivity contribution is 6.35. The molecule has 0 spiro atoms. The van der Waals surface area contributed by atoms with Crippen LogP contribution in [0.1, 0.15) is 26.3 Å². The van der Waals surface area contributed by atoms with Crippen molar-refractivity contribution in [1.82, 2.24) is 10.7 Å². The average Bonchev–Trinajstić information content (AvgIpc) is 2.37. The first-order valence-corrected chi connectivity index (χ1v) is 6.09. The number of nitro benzene ring substituents is 1. The monoisotopic (exact) mass is 292 g/mol. The maximum Gasteiger partial charge on any atom is 0.329 e. The van der Waals surface area contributed by atoms with E-state index in [0.29, 0.717) is 5.56 Å². The van der Waals surface area contributed by atoms with Gasteiger partial charge in [0.25, 0.3) is 5.69 Å². The molecule has 0 fully saturated rings. The molecule has 0 heterocycles. The number of nitro groups is 1. The lowest BCUT2D eigenvalue weighted by molar-refractivity contribution is -0.384. The molecule has 0 saturated carbocycles. The van der Waals surface area contributed by atoms with Crippen LogP contribution in [0.15, 0.2) is 29.4 Å². The fraction of sp³-hybridized carbons (Fsp3) is 0.308. The third-order valence-corrected chi connectivity index (χ3v) is 2.18. The standard InChI is InChI=1S/C13H16N4O4/c1-13(2,3)15-11(18)12(19)16-14-8-9-4-6-10(7-5-9)17(20)21/h4-8H,1-3H3,(H,15,18)(H,16,19)/b14-8+. The summed E-state index contributed by atoms with van der Waals surface area (Å²) in [6.07, 6.45) is 1.28. The van der Waals surface area contributed by atoms with Gasteiger partial charge in [-0.1, -0.05) is 0 Å². The van der Waals surface area contributed by atoms with E-state index in [1.54, 1.807) is 20.8 Å². The van der Waals surface area contributed by atoms with Crippen LogP contribution in [0.3, 0.4) is 0 Å². The highest BCUT2D eigenvalue weighted by Crippen LogP contribution is 2.10. The summed E-state index contributed by atoms with van der Waals surface area (Å²) in [6, 6.07) is 5.58. The summed E-state index contributed by atoms with van der Waals surface area (Å²) in [6.45, 7) is 5.25. The van der Waals surface area contributed by atoms with Crippen molar-refractivity contribution in [3.63, 3.8) is 0 Å². The molecule has 8 nitrogen and oxygen atoms in total. The second kappa shape index (κ2) is 6.60. The van der Waals surface area contributed by atoms with Gasteiger partial charge in [0.05, 0.1) is 11.1 Å². The van der Waals surface area contributed by atoms with Gasteiger partial charge in [-0.3, -0.25) is 19.7 Å². The minimum absolute atomic E-state index is 0.0410. The van der Waals surface area contributed by atoms with Crippen LogP contribution in [0, 0.1) is 10.1 Å². The first kappa shape index (κ1) is 16.3. The van der Waals surface area contributed by atoms with Crippen molar-refractivity contribution in [2.75, 3.05) is 0 Å². The highest BCUT2D eigenvalue weighted by atomic mass is 16.6. The van der Waals surface area contributed by atoms with E-state index >= 15 is 0 Å². The second-order valence-electron chi connectivity index (χ2n) is 5.25. The number of hydrazone groups is 1. The Morgan fingerprint density at radius 3 is 2.24 bits per heavy atom. The molecule has 8 heteroatoms. The Morgan fingerprint density at radius 2 is 1.76 bits per heavy atom. The van der Waals surface area contributed by atoms with E-state index in [2.05, 4.69) is 15.8 Å². The zero-order valence-electron chi connectivity index (χ0n) is 11.9. The number of benzene rings is 1. The van der Waals surface area contributed by atoms with Gasteiger partial charge >= 0.3 is 11.8 Å². The fourth-order valence-electron chi connectivity index (χ4n) is 1.30. The van der Waals surface area contributed by atoms with Crippen LogP contribution in [0.5, 0.6) is 0 Å². The number of hydrogen-bond acceptors (Lipinski definition) is 5. The third kappa shape index (κ3) is 5.81. The maximum atomic E-state index is 11.4. The number of non-ortho nitro benzene ring substituents is 1. The molecule has 1 rings (SSSR count). The summed E-state index contributed by atoms with van der Waals surface area (Å²) in [5.41, 5.74) is 2.07. The summed E-state index contributed by atoms with van der Waals surface area (Å²) < 4.78 is 0. The van der Waals surface area contributed by atoms with Gasteiger partial charge in [-0.2, -0.15) is 5.10 Å². The largest absolute Gasteiger partial charge is 0.343 e. The van der Waals surface area contributed by atoms with Crippen LogP contribution in [-0.4, -0.2) is 28.5 Å². The zero-order valence-corrected chi connectivity index (χ0v) is 11.9. The Labute approximate surface area is 121 Å². The topological polar surface area (TPSA) is 114 Å². The molecule has 0 atom stereocenters. The SMILES string of the molecule is CC(C)(C)NC(=O)C(=O)N/N=C/c1ccc([N+](=O)[O-])cc1. The zero-order chi connectivity index (χ0) is 16.0. The van der Waals surface area contributed by atoms with Gasteiger partial charge in [0.15, 0.2) is 0 Å². The molecule has 2 amide bonds. The van der Waals surface area contributed by atoms with Crippen molar-refractivity contribution >= 4 is 23.7 Å². The predicted octanol–water partition coefficient (Wildman–Crippen LogP) is 0.960. The first-order chi connectivity index (χ1) is 9.69. The van der Waals surface area contributed by atoms with Crippen LogP contribution in [0.2, 0.25) is 0 Å². The van der Waals surface area contributed by atoms with Crippen molar-refractivity contribution in [2.45, 2.75) is 26.3 Å². The summed E-state index contributed by atoms with van der Waals surface area (Å²) >= 11 is 0. The molecule has 0 bridgehead atoms. The van der Waals surface area contributed by atoms with E-state index in [1.165, 1.54) is 30.5 Å². The molecule has 112 valence electrons. The number of rotatable bonds is 3. The van der Waals surface area contributed by atoms with E-state index in [-0.39, 0.29) is 5.69 Å².